The molecule has 0 bridgehead atoms. The van der Waals surface area contributed by atoms with Crippen LogP contribution in [0.2, 0.25) is 0 Å². The summed E-state index contributed by atoms with van der Waals surface area (Å²) < 4.78 is 6.09. The molecule has 0 amide bonds. The molecule has 1 saturated heterocycles. The molecule has 1 N–H and O–H groups in total. The van der Waals surface area contributed by atoms with Crippen molar-refractivity contribution in [2.24, 2.45) is 5.92 Å². The Morgan fingerprint density at radius 3 is 2.53 bits per heavy atom. The van der Waals surface area contributed by atoms with Crippen LogP contribution >= 0.6 is 0 Å². The minimum absolute atomic E-state index is 0.102. The van der Waals surface area contributed by atoms with Crippen LogP contribution in [0.15, 0.2) is 0 Å². The smallest absolute Gasteiger partial charge is 0.0750 e. The van der Waals surface area contributed by atoms with Gasteiger partial charge in [0.15, 0.2) is 0 Å². The predicted molar refractivity (Wildman–Crippen MR) is 78.3 cm³/mol. The van der Waals surface area contributed by atoms with Gasteiger partial charge in [-0.25, -0.2) is 0 Å². The standard InChI is InChI=1S/C16H31NO2/c1-5-15(2,17(3)4)14(18)13-8-11-19-16(12-13)9-6-7-10-16/h13-14,18H,5-12H2,1-4H3. The Hall–Kier alpha value is -0.120. The summed E-state index contributed by atoms with van der Waals surface area (Å²) in [5.74, 6) is 0.388. The van der Waals surface area contributed by atoms with Crippen molar-refractivity contribution < 1.29 is 9.84 Å². The SMILES string of the molecule is CCC(C)(C(O)C1CCOC2(CCCC2)C1)N(C)C. The van der Waals surface area contributed by atoms with Crippen molar-refractivity contribution in [3.63, 3.8) is 0 Å². The van der Waals surface area contributed by atoms with E-state index in [2.05, 4.69) is 32.8 Å². The Labute approximate surface area is 118 Å². The van der Waals surface area contributed by atoms with E-state index in [9.17, 15) is 5.11 Å². The molecule has 0 aromatic heterocycles. The second-order valence-corrected chi connectivity index (χ2v) is 7.04. The molecular weight excluding hydrogens is 238 g/mol. The highest BCUT2D eigenvalue weighted by Gasteiger charge is 2.46. The van der Waals surface area contributed by atoms with Crippen LogP contribution in [0.4, 0.5) is 0 Å². The third-order valence-electron chi connectivity index (χ3n) is 5.87. The highest BCUT2D eigenvalue weighted by molar-refractivity contribution is 4.99. The second kappa shape index (κ2) is 5.71. The first-order valence-corrected chi connectivity index (χ1v) is 7.93. The molecule has 3 atom stereocenters. The maximum atomic E-state index is 10.9. The third-order valence-corrected chi connectivity index (χ3v) is 5.87. The van der Waals surface area contributed by atoms with Crippen LogP contribution in [-0.2, 0) is 4.74 Å². The monoisotopic (exact) mass is 269 g/mol. The molecule has 1 heterocycles. The molecule has 3 nitrogen and oxygen atoms in total. The summed E-state index contributed by atoms with van der Waals surface area (Å²) in [6.07, 6.45) is 7.76. The zero-order chi connectivity index (χ0) is 14.1. The molecule has 2 fully saturated rings. The summed E-state index contributed by atoms with van der Waals surface area (Å²) in [5.41, 5.74) is -0.0212. The van der Waals surface area contributed by atoms with Gasteiger partial charge in [0, 0.05) is 12.1 Å². The molecule has 3 unspecified atom stereocenters. The van der Waals surface area contributed by atoms with Crippen LogP contribution in [0.1, 0.15) is 58.8 Å². The van der Waals surface area contributed by atoms with E-state index in [0.717, 1.165) is 25.9 Å². The molecule has 19 heavy (non-hydrogen) atoms. The first-order valence-electron chi connectivity index (χ1n) is 7.93. The Morgan fingerprint density at radius 2 is 2.00 bits per heavy atom. The lowest BCUT2D eigenvalue weighted by molar-refractivity contribution is -0.133. The van der Waals surface area contributed by atoms with E-state index in [4.69, 9.17) is 4.74 Å². The Bertz CT molecular complexity index is 299. The number of rotatable bonds is 4. The van der Waals surface area contributed by atoms with Gasteiger partial charge in [-0.3, -0.25) is 0 Å². The lowest BCUT2D eigenvalue weighted by Crippen LogP contribution is -2.56. The molecule has 1 saturated carbocycles. The van der Waals surface area contributed by atoms with E-state index in [0.29, 0.717) is 5.92 Å². The molecule has 2 aliphatic rings. The molecule has 1 aliphatic carbocycles. The highest BCUT2D eigenvalue weighted by atomic mass is 16.5. The van der Waals surface area contributed by atoms with E-state index < -0.39 is 0 Å². The maximum absolute atomic E-state index is 10.9. The van der Waals surface area contributed by atoms with E-state index in [-0.39, 0.29) is 17.2 Å². The number of ether oxygens (including phenoxy) is 1. The van der Waals surface area contributed by atoms with E-state index in [1.54, 1.807) is 0 Å². The molecule has 112 valence electrons. The first-order chi connectivity index (χ1) is 8.93. The molecular formula is C16H31NO2. The van der Waals surface area contributed by atoms with Gasteiger partial charge in [0.2, 0.25) is 0 Å². The van der Waals surface area contributed by atoms with Crippen molar-refractivity contribution in [2.45, 2.75) is 76.0 Å². The van der Waals surface area contributed by atoms with Crippen LogP contribution in [0.25, 0.3) is 0 Å². The minimum atomic E-state index is -0.256. The Kier molecular flexibility index (Phi) is 4.59. The minimum Gasteiger partial charge on any atom is -0.391 e. The summed E-state index contributed by atoms with van der Waals surface area (Å²) in [5, 5.41) is 10.9. The average molecular weight is 269 g/mol. The molecule has 1 aliphatic heterocycles. The van der Waals surface area contributed by atoms with Gasteiger partial charge in [0.05, 0.1) is 11.7 Å². The van der Waals surface area contributed by atoms with Crippen LogP contribution in [-0.4, -0.2) is 48.0 Å². The number of aliphatic hydroxyl groups excluding tert-OH is 1. The highest BCUT2D eigenvalue weighted by Crippen LogP contribution is 2.44. The summed E-state index contributed by atoms with van der Waals surface area (Å²) >= 11 is 0. The van der Waals surface area contributed by atoms with Gasteiger partial charge in [-0.15, -0.1) is 0 Å². The first kappa shape index (κ1) is 15.3. The van der Waals surface area contributed by atoms with Gasteiger partial charge in [-0.05, 0) is 59.0 Å². The third kappa shape index (κ3) is 2.84. The van der Waals surface area contributed by atoms with Crippen LogP contribution in [0.3, 0.4) is 0 Å². The van der Waals surface area contributed by atoms with Gasteiger partial charge in [0.25, 0.3) is 0 Å². The molecule has 0 radical (unpaired) electrons. The van der Waals surface area contributed by atoms with E-state index in [1.165, 1.54) is 25.7 Å². The Balaban J connectivity index is 2.08. The zero-order valence-corrected chi connectivity index (χ0v) is 13.1. The lowest BCUT2D eigenvalue weighted by atomic mass is 9.74. The van der Waals surface area contributed by atoms with Gasteiger partial charge in [0.1, 0.15) is 0 Å². The van der Waals surface area contributed by atoms with Crippen molar-refractivity contribution >= 4 is 0 Å². The summed E-state index contributed by atoms with van der Waals surface area (Å²) in [6.45, 7) is 5.19. The predicted octanol–water partition coefficient (Wildman–Crippen LogP) is 2.82. The quantitative estimate of drug-likeness (QED) is 0.852. The molecule has 0 aromatic rings. The van der Waals surface area contributed by atoms with Crippen molar-refractivity contribution in [3.8, 4) is 0 Å². The van der Waals surface area contributed by atoms with Gasteiger partial charge in [-0.2, -0.15) is 0 Å². The number of aliphatic hydroxyl groups is 1. The average Bonchev–Trinajstić information content (AvgIpc) is 2.84. The summed E-state index contributed by atoms with van der Waals surface area (Å²) in [7, 11) is 4.16. The largest absolute Gasteiger partial charge is 0.391 e. The Morgan fingerprint density at radius 1 is 1.37 bits per heavy atom. The number of hydrogen-bond acceptors (Lipinski definition) is 3. The molecule has 0 aromatic carbocycles. The van der Waals surface area contributed by atoms with Crippen LogP contribution in [0, 0.1) is 5.92 Å². The van der Waals surface area contributed by atoms with Crippen molar-refractivity contribution in [3.05, 3.63) is 0 Å². The van der Waals surface area contributed by atoms with Crippen LogP contribution < -0.4 is 0 Å². The maximum Gasteiger partial charge on any atom is 0.0750 e. The summed E-state index contributed by atoms with van der Waals surface area (Å²) in [4.78, 5) is 2.19. The topological polar surface area (TPSA) is 32.7 Å². The molecule has 3 heteroatoms. The molecule has 1 spiro atoms. The summed E-state index contributed by atoms with van der Waals surface area (Å²) in [6, 6.07) is 0. The van der Waals surface area contributed by atoms with Gasteiger partial charge in [-0.1, -0.05) is 19.8 Å². The van der Waals surface area contributed by atoms with Crippen LogP contribution in [0.5, 0.6) is 0 Å². The van der Waals surface area contributed by atoms with Gasteiger partial charge < -0.3 is 14.7 Å². The fourth-order valence-electron chi connectivity index (χ4n) is 4.00. The number of hydrogen-bond donors (Lipinski definition) is 1. The fourth-order valence-corrected chi connectivity index (χ4v) is 4.00. The number of likely N-dealkylation sites (N-methyl/N-ethyl adjacent to an activating group) is 1. The van der Waals surface area contributed by atoms with Crippen molar-refractivity contribution in [2.75, 3.05) is 20.7 Å². The van der Waals surface area contributed by atoms with Crippen molar-refractivity contribution in [1.29, 1.82) is 0 Å². The normalized spacial score (nSPS) is 31.6. The lowest BCUT2D eigenvalue weighted by Gasteiger charge is -2.47. The van der Waals surface area contributed by atoms with E-state index >= 15 is 0 Å². The van der Waals surface area contributed by atoms with Crippen molar-refractivity contribution in [1.82, 2.24) is 4.90 Å². The fraction of sp³-hybridized carbons (Fsp3) is 1.00. The molecule has 2 rings (SSSR count). The zero-order valence-electron chi connectivity index (χ0n) is 13.1. The second-order valence-electron chi connectivity index (χ2n) is 7.04. The van der Waals surface area contributed by atoms with Gasteiger partial charge >= 0.3 is 0 Å². The van der Waals surface area contributed by atoms with E-state index in [1.807, 2.05) is 0 Å². The number of nitrogens with zero attached hydrogens (tertiary/aromatic N) is 1.